The summed E-state index contributed by atoms with van der Waals surface area (Å²) < 4.78 is 46.1. The second kappa shape index (κ2) is 9.18. The average molecular weight is 482 g/mol. The summed E-state index contributed by atoms with van der Waals surface area (Å²) in [6.45, 7) is 6.96. The highest BCUT2D eigenvalue weighted by Gasteiger charge is 2.53. The molecule has 2 saturated heterocycles. The first kappa shape index (κ1) is 24.8. The topological polar surface area (TPSA) is 117 Å². The van der Waals surface area contributed by atoms with Crippen LogP contribution in [0.1, 0.15) is 25.7 Å². The third-order valence-corrected chi connectivity index (χ3v) is 8.07. The van der Waals surface area contributed by atoms with E-state index in [9.17, 15) is 32.7 Å². The van der Waals surface area contributed by atoms with Gasteiger partial charge in [0.05, 0.1) is 30.3 Å². The standard InChI is InChI=1S/C19H30F3N3O6Si/c1-32(2,3)5-4-25(18(28)29)13-9-14-12(8-15(13)30-14)17(27)24-23-16(26)10-6-11(7-10)31-19(20,21)22/h10-15H,4-9H2,1-3H3,(H,23,26)(H,24,27)(H,28,29)/t10-,11+,12-,13-,14+,15+/m0/s1. The SMILES string of the molecule is C[Si](C)(C)CCN(C(=O)O)[C@H]1C[C@H]2O[C@@H]1C[C@@H]2C(=O)NNC(=O)[C@H]1C[C@@H](OC(F)(F)F)C1. The molecule has 4 atom stereocenters. The van der Waals surface area contributed by atoms with Crippen LogP contribution in [0, 0.1) is 11.8 Å². The number of fused-ring (bicyclic) bond motifs is 2. The van der Waals surface area contributed by atoms with Crippen molar-refractivity contribution in [3.05, 3.63) is 0 Å². The van der Waals surface area contributed by atoms with Crippen LogP contribution in [0.25, 0.3) is 0 Å². The molecule has 13 heteroatoms. The molecule has 3 rings (SSSR count). The van der Waals surface area contributed by atoms with Crippen LogP contribution in [-0.4, -0.2) is 73.2 Å². The molecule has 3 fully saturated rings. The molecule has 2 aliphatic heterocycles. The van der Waals surface area contributed by atoms with Crippen LogP contribution in [0.2, 0.25) is 25.7 Å². The third kappa shape index (κ3) is 6.13. The van der Waals surface area contributed by atoms with E-state index in [4.69, 9.17) is 4.74 Å². The number of nitrogens with zero attached hydrogens (tertiary/aromatic N) is 1. The molecule has 2 bridgehead atoms. The highest BCUT2D eigenvalue weighted by atomic mass is 28.3. The largest absolute Gasteiger partial charge is 0.522 e. The van der Waals surface area contributed by atoms with Gasteiger partial charge in [0.1, 0.15) is 0 Å². The molecule has 0 aromatic carbocycles. The molecule has 9 nitrogen and oxygen atoms in total. The zero-order chi connectivity index (χ0) is 23.8. The summed E-state index contributed by atoms with van der Waals surface area (Å²) in [7, 11) is -1.43. The Bertz CT molecular complexity index is 741. The predicted molar refractivity (Wildman–Crippen MR) is 108 cm³/mol. The van der Waals surface area contributed by atoms with Gasteiger partial charge in [0.2, 0.25) is 11.8 Å². The van der Waals surface area contributed by atoms with Crippen LogP contribution in [-0.2, 0) is 19.1 Å². The fraction of sp³-hybridized carbons (Fsp3) is 0.842. The molecule has 32 heavy (non-hydrogen) atoms. The van der Waals surface area contributed by atoms with Crippen molar-refractivity contribution in [2.45, 2.75) is 82.1 Å². The van der Waals surface area contributed by atoms with Crippen LogP contribution >= 0.6 is 0 Å². The lowest BCUT2D eigenvalue weighted by Crippen LogP contribution is -2.53. The smallest absolute Gasteiger partial charge is 0.465 e. The lowest BCUT2D eigenvalue weighted by atomic mass is 9.82. The summed E-state index contributed by atoms with van der Waals surface area (Å²) in [5.41, 5.74) is 4.59. The second-order valence-electron chi connectivity index (χ2n) is 9.98. The summed E-state index contributed by atoms with van der Waals surface area (Å²) in [4.78, 5) is 37.7. The van der Waals surface area contributed by atoms with E-state index < -0.39 is 56.4 Å². The molecule has 0 radical (unpaired) electrons. The summed E-state index contributed by atoms with van der Waals surface area (Å²) in [5.74, 6) is -2.19. The van der Waals surface area contributed by atoms with Gasteiger partial charge in [-0.15, -0.1) is 13.2 Å². The zero-order valence-corrected chi connectivity index (χ0v) is 19.3. The van der Waals surface area contributed by atoms with E-state index in [-0.39, 0.29) is 25.0 Å². The van der Waals surface area contributed by atoms with Gasteiger partial charge in [-0.3, -0.25) is 25.2 Å². The minimum Gasteiger partial charge on any atom is -0.465 e. The first-order chi connectivity index (χ1) is 14.7. The molecular weight excluding hydrogens is 451 g/mol. The van der Waals surface area contributed by atoms with E-state index in [0.717, 1.165) is 6.04 Å². The average Bonchev–Trinajstić information content (AvgIpc) is 3.21. The lowest BCUT2D eigenvalue weighted by Gasteiger charge is -2.34. The maximum absolute atomic E-state index is 12.5. The number of nitrogens with one attached hydrogen (secondary N) is 2. The van der Waals surface area contributed by atoms with Gasteiger partial charge in [0, 0.05) is 20.5 Å². The molecule has 3 amide bonds. The molecule has 0 aromatic heterocycles. The molecular formula is C19H30F3N3O6Si. The van der Waals surface area contributed by atoms with Crippen LogP contribution < -0.4 is 10.9 Å². The Morgan fingerprint density at radius 2 is 1.69 bits per heavy atom. The Kier molecular flexibility index (Phi) is 7.10. The predicted octanol–water partition coefficient (Wildman–Crippen LogP) is 2.31. The molecule has 1 saturated carbocycles. The Labute approximate surface area is 185 Å². The molecule has 1 aliphatic carbocycles. The van der Waals surface area contributed by atoms with E-state index in [1.165, 1.54) is 4.90 Å². The Balaban J connectivity index is 1.43. The number of carbonyl (C=O) groups is 3. The molecule has 0 aromatic rings. The Morgan fingerprint density at radius 3 is 2.19 bits per heavy atom. The van der Waals surface area contributed by atoms with Crippen LogP contribution in [0.4, 0.5) is 18.0 Å². The van der Waals surface area contributed by atoms with Gasteiger partial charge in [-0.05, 0) is 31.7 Å². The van der Waals surface area contributed by atoms with E-state index in [0.29, 0.717) is 19.4 Å². The number of carboxylic acid groups (broad SMARTS) is 1. The lowest BCUT2D eigenvalue weighted by molar-refractivity contribution is -0.353. The van der Waals surface area contributed by atoms with Gasteiger partial charge in [0.25, 0.3) is 0 Å². The first-order valence-corrected chi connectivity index (χ1v) is 14.4. The van der Waals surface area contributed by atoms with Crippen molar-refractivity contribution in [3.63, 3.8) is 0 Å². The first-order valence-electron chi connectivity index (χ1n) is 10.7. The molecule has 3 aliphatic rings. The molecule has 182 valence electrons. The van der Waals surface area contributed by atoms with Gasteiger partial charge in [-0.2, -0.15) is 0 Å². The van der Waals surface area contributed by atoms with E-state index in [1.807, 2.05) is 0 Å². The van der Waals surface area contributed by atoms with Gasteiger partial charge in [-0.25, -0.2) is 4.79 Å². The number of amides is 3. The van der Waals surface area contributed by atoms with E-state index in [2.05, 4.69) is 35.2 Å². The van der Waals surface area contributed by atoms with Gasteiger partial charge >= 0.3 is 12.5 Å². The summed E-state index contributed by atoms with van der Waals surface area (Å²) in [6.07, 6.45) is -6.97. The van der Waals surface area contributed by atoms with Crippen molar-refractivity contribution in [2.24, 2.45) is 11.8 Å². The Morgan fingerprint density at radius 1 is 1.06 bits per heavy atom. The fourth-order valence-electron chi connectivity index (χ4n) is 4.48. The maximum Gasteiger partial charge on any atom is 0.522 e. The number of halogens is 3. The van der Waals surface area contributed by atoms with Crippen molar-refractivity contribution < 1.29 is 42.1 Å². The molecule has 0 unspecified atom stereocenters. The normalized spacial score (nSPS) is 31.7. The van der Waals surface area contributed by atoms with Gasteiger partial charge in [0.15, 0.2) is 0 Å². The number of hydrazine groups is 1. The summed E-state index contributed by atoms with van der Waals surface area (Å²) >= 11 is 0. The summed E-state index contributed by atoms with van der Waals surface area (Å²) in [5, 5.41) is 9.63. The number of rotatable bonds is 7. The highest BCUT2D eigenvalue weighted by molar-refractivity contribution is 6.76. The molecule has 3 N–H and O–H groups in total. The minimum absolute atomic E-state index is 0.0669. The third-order valence-electron chi connectivity index (χ3n) is 6.35. The second-order valence-corrected chi connectivity index (χ2v) is 15.6. The van der Waals surface area contributed by atoms with Crippen LogP contribution in [0.3, 0.4) is 0 Å². The number of hydrogen-bond acceptors (Lipinski definition) is 5. The van der Waals surface area contributed by atoms with Crippen molar-refractivity contribution in [3.8, 4) is 0 Å². The Hall–Kier alpha value is -1.86. The number of carbonyl (C=O) groups excluding carboxylic acids is 2. The van der Waals surface area contributed by atoms with Crippen LogP contribution in [0.5, 0.6) is 0 Å². The molecule has 0 spiro atoms. The van der Waals surface area contributed by atoms with Crippen LogP contribution in [0.15, 0.2) is 0 Å². The zero-order valence-electron chi connectivity index (χ0n) is 18.3. The number of alkyl halides is 3. The molecule has 2 heterocycles. The maximum atomic E-state index is 12.5. The quantitative estimate of drug-likeness (QED) is 0.380. The minimum atomic E-state index is -4.73. The van der Waals surface area contributed by atoms with Crippen molar-refractivity contribution in [1.82, 2.24) is 15.8 Å². The van der Waals surface area contributed by atoms with E-state index in [1.54, 1.807) is 0 Å². The monoisotopic (exact) mass is 481 g/mol. The van der Waals surface area contributed by atoms with E-state index >= 15 is 0 Å². The highest BCUT2D eigenvalue weighted by Crippen LogP contribution is 2.42. The summed E-state index contributed by atoms with van der Waals surface area (Å²) in [6, 6.07) is 0.534. The number of hydrogen-bond donors (Lipinski definition) is 3. The van der Waals surface area contributed by atoms with Crippen molar-refractivity contribution >= 4 is 26.0 Å². The number of ether oxygens (including phenoxy) is 2. The van der Waals surface area contributed by atoms with Crippen molar-refractivity contribution in [2.75, 3.05) is 6.54 Å². The van der Waals surface area contributed by atoms with Gasteiger partial charge < -0.3 is 14.7 Å². The fourth-order valence-corrected chi connectivity index (χ4v) is 5.39. The van der Waals surface area contributed by atoms with Crippen molar-refractivity contribution in [1.29, 1.82) is 0 Å². The van der Waals surface area contributed by atoms with Gasteiger partial charge in [-0.1, -0.05) is 19.6 Å².